The van der Waals surface area contributed by atoms with Gasteiger partial charge in [-0.1, -0.05) is 18.2 Å². The third-order valence-electron chi connectivity index (χ3n) is 3.14. The number of thioether (sulfide) groups is 1. The average Bonchev–Trinajstić information content (AvgIpc) is 2.38. The second-order valence-corrected chi connectivity index (χ2v) is 6.27. The van der Waals surface area contributed by atoms with Crippen LogP contribution in [0.25, 0.3) is 0 Å². The van der Waals surface area contributed by atoms with Crippen molar-refractivity contribution in [3.05, 3.63) is 29.8 Å². The van der Waals surface area contributed by atoms with E-state index in [1.165, 1.54) is 29.9 Å². The molecule has 2 rings (SSSR count). The normalized spacial score (nSPS) is 17.1. The van der Waals surface area contributed by atoms with Crippen molar-refractivity contribution in [3.8, 4) is 5.75 Å². The summed E-state index contributed by atoms with van der Waals surface area (Å²) in [6.07, 6.45) is 2.81. The van der Waals surface area contributed by atoms with E-state index in [2.05, 4.69) is 49.1 Å². The van der Waals surface area contributed by atoms with Gasteiger partial charge < -0.3 is 10.1 Å². The predicted octanol–water partition coefficient (Wildman–Crippen LogP) is 3.46. The van der Waals surface area contributed by atoms with Crippen LogP contribution < -0.4 is 10.1 Å². The van der Waals surface area contributed by atoms with Gasteiger partial charge in [0.25, 0.3) is 0 Å². The molecule has 1 aliphatic rings. The minimum atomic E-state index is 0.234. The molecule has 0 spiro atoms. The fourth-order valence-electron chi connectivity index (χ4n) is 2.17. The van der Waals surface area contributed by atoms with Crippen molar-refractivity contribution >= 4 is 11.8 Å². The van der Waals surface area contributed by atoms with E-state index in [0.29, 0.717) is 6.04 Å². The largest absolute Gasteiger partial charge is 0.491 e. The molecule has 100 valence electrons. The molecule has 1 fully saturated rings. The maximum atomic E-state index is 5.84. The maximum absolute atomic E-state index is 5.84. The monoisotopic (exact) mass is 265 g/mol. The molecule has 0 aromatic heterocycles. The highest BCUT2D eigenvalue weighted by Crippen LogP contribution is 2.21. The van der Waals surface area contributed by atoms with Gasteiger partial charge in [-0.25, -0.2) is 0 Å². The zero-order valence-corrected chi connectivity index (χ0v) is 12.1. The SMILES string of the molecule is CC(C)Oc1ccccc1CNC1CCSCC1. The molecule has 1 N–H and O–H groups in total. The molecule has 0 radical (unpaired) electrons. The molecule has 0 bridgehead atoms. The van der Waals surface area contributed by atoms with Gasteiger partial charge in [-0.15, -0.1) is 0 Å². The lowest BCUT2D eigenvalue weighted by Gasteiger charge is -2.23. The first-order chi connectivity index (χ1) is 8.75. The smallest absolute Gasteiger partial charge is 0.124 e. The number of ether oxygens (including phenoxy) is 1. The van der Waals surface area contributed by atoms with Crippen molar-refractivity contribution in [3.63, 3.8) is 0 Å². The first-order valence-electron chi connectivity index (χ1n) is 6.81. The second kappa shape index (κ2) is 7.05. The van der Waals surface area contributed by atoms with Crippen molar-refractivity contribution in [1.29, 1.82) is 0 Å². The summed E-state index contributed by atoms with van der Waals surface area (Å²) in [5.41, 5.74) is 1.27. The van der Waals surface area contributed by atoms with Crippen LogP contribution in [0.4, 0.5) is 0 Å². The van der Waals surface area contributed by atoms with Crippen LogP contribution in [-0.4, -0.2) is 23.7 Å². The molecule has 0 aliphatic carbocycles. The molecule has 1 aromatic rings. The lowest BCUT2D eigenvalue weighted by atomic mass is 10.1. The van der Waals surface area contributed by atoms with Crippen LogP contribution in [-0.2, 0) is 6.54 Å². The lowest BCUT2D eigenvalue weighted by molar-refractivity contribution is 0.239. The highest BCUT2D eigenvalue weighted by atomic mass is 32.2. The van der Waals surface area contributed by atoms with E-state index >= 15 is 0 Å². The van der Waals surface area contributed by atoms with E-state index < -0.39 is 0 Å². The predicted molar refractivity (Wildman–Crippen MR) is 79.4 cm³/mol. The van der Waals surface area contributed by atoms with Crippen molar-refractivity contribution in [2.24, 2.45) is 0 Å². The number of benzene rings is 1. The Morgan fingerprint density at radius 1 is 1.28 bits per heavy atom. The molecule has 1 aliphatic heterocycles. The minimum absolute atomic E-state index is 0.234. The number of nitrogens with one attached hydrogen (secondary N) is 1. The fraction of sp³-hybridized carbons (Fsp3) is 0.600. The van der Waals surface area contributed by atoms with Crippen molar-refractivity contribution in [2.45, 2.75) is 45.4 Å². The summed E-state index contributed by atoms with van der Waals surface area (Å²) in [6.45, 7) is 5.06. The Morgan fingerprint density at radius 3 is 2.72 bits per heavy atom. The topological polar surface area (TPSA) is 21.3 Å². The molecule has 0 amide bonds. The van der Waals surface area contributed by atoms with Gasteiger partial charge in [0.2, 0.25) is 0 Å². The van der Waals surface area contributed by atoms with Crippen LogP contribution in [0, 0.1) is 0 Å². The van der Waals surface area contributed by atoms with E-state index in [9.17, 15) is 0 Å². The lowest BCUT2D eigenvalue weighted by Crippen LogP contribution is -2.32. The van der Waals surface area contributed by atoms with Gasteiger partial charge in [0.1, 0.15) is 5.75 Å². The number of para-hydroxylation sites is 1. The Morgan fingerprint density at radius 2 is 2.00 bits per heavy atom. The van der Waals surface area contributed by atoms with Gasteiger partial charge in [-0.2, -0.15) is 11.8 Å². The van der Waals surface area contributed by atoms with Crippen molar-refractivity contribution < 1.29 is 4.74 Å². The van der Waals surface area contributed by atoms with E-state index in [0.717, 1.165) is 12.3 Å². The number of hydrogen-bond donors (Lipinski definition) is 1. The van der Waals surface area contributed by atoms with E-state index in [-0.39, 0.29) is 6.10 Å². The zero-order chi connectivity index (χ0) is 12.8. The van der Waals surface area contributed by atoms with Gasteiger partial charge in [-0.05, 0) is 44.3 Å². The van der Waals surface area contributed by atoms with Gasteiger partial charge >= 0.3 is 0 Å². The molecule has 3 heteroatoms. The summed E-state index contributed by atoms with van der Waals surface area (Å²) in [5, 5.41) is 3.66. The van der Waals surface area contributed by atoms with E-state index in [1.807, 2.05) is 6.07 Å². The quantitative estimate of drug-likeness (QED) is 0.881. The van der Waals surface area contributed by atoms with Crippen LogP contribution in [0.1, 0.15) is 32.3 Å². The fourth-order valence-corrected chi connectivity index (χ4v) is 3.28. The van der Waals surface area contributed by atoms with Crippen LogP contribution >= 0.6 is 11.8 Å². The summed E-state index contributed by atoms with van der Waals surface area (Å²) in [5.74, 6) is 3.61. The Bertz CT molecular complexity index is 361. The first kappa shape index (κ1) is 13.8. The number of rotatable bonds is 5. The summed E-state index contributed by atoms with van der Waals surface area (Å²) in [7, 11) is 0. The van der Waals surface area contributed by atoms with Crippen LogP contribution in [0.2, 0.25) is 0 Å². The zero-order valence-electron chi connectivity index (χ0n) is 11.3. The Balaban J connectivity index is 1.91. The Hall–Kier alpha value is -0.670. The van der Waals surface area contributed by atoms with Crippen LogP contribution in [0.15, 0.2) is 24.3 Å². The maximum Gasteiger partial charge on any atom is 0.124 e. The molecule has 2 nitrogen and oxygen atoms in total. The summed E-state index contributed by atoms with van der Waals surface area (Å²) in [4.78, 5) is 0. The van der Waals surface area contributed by atoms with Gasteiger partial charge in [-0.3, -0.25) is 0 Å². The first-order valence-corrected chi connectivity index (χ1v) is 7.97. The van der Waals surface area contributed by atoms with Gasteiger partial charge in [0.05, 0.1) is 6.10 Å². The third-order valence-corrected chi connectivity index (χ3v) is 4.19. The van der Waals surface area contributed by atoms with Crippen LogP contribution in [0.5, 0.6) is 5.75 Å². The highest BCUT2D eigenvalue weighted by molar-refractivity contribution is 7.99. The highest BCUT2D eigenvalue weighted by Gasteiger charge is 2.13. The molecule has 1 saturated heterocycles. The Labute approximate surface area is 114 Å². The molecule has 1 aromatic carbocycles. The van der Waals surface area contributed by atoms with Crippen molar-refractivity contribution in [2.75, 3.05) is 11.5 Å². The number of hydrogen-bond acceptors (Lipinski definition) is 3. The van der Waals surface area contributed by atoms with E-state index in [4.69, 9.17) is 4.74 Å². The molecule has 1 heterocycles. The van der Waals surface area contributed by atoms with Crippen molar-refractivity contribution in [1.82, 2.24) is 5.32 Å². The molecular formula is C15H23NOS. The molecule has 0 saturated carbocycles. The minimum Gasteiger partial charge on any atom is -0.491 e. The second-order valence-electron chi connectivity index (χ2n) is 5.04. The third kappa shape index (κ3) is 4.21. The summed E-state index contributed by atoms with van der Waals surface area (Å²) < 4.78 is 5.84. The van der Waals surface area contributed by atoms with E-state index in [1.54, 1.807) is 0 Å². The summed E-state index contributed by atoms with van der Waals surface area (Å²) in [6, 6.07) is 9.02. The summed E-state index contributed by atoms with van der Waals surface area (Å²) >= 11 is 2.07. The van der Waals surface area contributed by atoms with Crippen LogP contribution in [0.3, 0.4) is 0 Å². The molecule has 0 atom stereocenters. The molecule has 0 unspecified atom stereocenters. The standard InChI is InChI=1S/C15H23NOS/c1-12(2)17-15-6-4-3-5-13(15)11-16-14-7-9-18-10-8-14/h3-6,12,14,16H,7-11H2,1-2H3. The molecule has 18 heavy (non-hydrogen) atoms. The van der Waals surface area contributed by atoms with Gasteiger partial charge in [0.15, 0.2) is 0 Å². The van der Waals surface area contributed by atoms with Gasteiger partial charge in [0, 0.05) is 18.2 Å². The Kier molecular flexibility index (Phi) is 5.39. The average molecular weight is 265 g/mol. The molecular weight excluding hydrogens is 242 g/mol.